The minimum atomic E-state index is -0.290. The Kier molecular flexibility index (Phi) is 3.89. The van der Waals surface area contributed by atoms with Crippen LogP contribution < -0.4 is 5.32 Å². The Morgan fingerprint density at radius 3 is 2.80 bits per heavy atom. The van der Waals surface area contributed by atoms with Crippen molar-refractivity contribution in [2.24, 2.45) is 0 Å². The molecule has 1 aliphatic heterocycles. The average Bonchev–Trinajstić information content (AvgIpc) is 3.20. The second-order valence-corrected chi connectivity index (χ2v) is 6.37. The zero-order chi connectivity index (χ0) is 17.4. The Balaban J connectivity index is 1.55. The number of ether oxygens (including phenoxy) is 1. The van der Waals surface area contributed by atoms with Crippen LogP contribution in [-0.2, 0) is 17.8 Å². The lowest BCUT2D eigenvalue weighted by molar-refractivity contribution is 0.0988. The predicted molar refractivity (Wildman–Crippen MR) is 93.5 cm³/mol. The quantitative estimate of drug-likeness (QED) is 0.765. The van der Waals surface area contributed by atoms with Crippen LogP contribution in [0, 0.1) is 13.8 Å². The number of hydrogen-bond donors (Lipinski definition) is 2. The summed E-state index contributed by atoms with van der Waals surface area (Å²) in [7, 11) is 0. The molecular formula is C19H19N3O3. The molecule has 0 saturated carbocycles. The van der Waals surface area contributed by atoms with Gasteiger partial charge in [-0.25, -0.2) is 0 Å². The first-order valence-corrected chi connectivity index (χ1v) is 8.22. The summed E-state index contributed by atoms with van der Waals surface area (Å²) in [5, 5.41) is 9.96. The van der Waals surface area contributed by atoms with Crippen molar-refractivity contribution in [1.29, 1.82) is 0 Å². The lowest BCUT2D eigenvalue weighted by atomic mass is 10.1. The number of nitrogens with one attached hydrogen (secondary N) is 2. The minimum absolute atomic E-state index is 0.290. The minimum Gasteiger partial charge on any atom is -0.458 e. The summed E-state index contributed by atoms with van der Waals surface area (Å²) < 4.78 is 10.8. The molecule has 6 heteroatoms. The van der Waals surface area contributed by atoms with Gasteiger partial charge in [-0.2, -0.15) is 5.10 Å². The Morgan fingerprint density at radius 2 is 2.00 bits per heavy atom. The number of amides is 1. The molecule has 128 valence electrons. The van der Waals surface area contributed by atoms with Gasteiger partial charge >= 0.3 is 0 Å². The van der Waals surface area contributed by atoms with E-state index in [4.69, 9.17) is 9.15 Å². The number of anilines is 1. The van der Waals surface area contributed by atoms with Gasteiger partial charge in [-0.3, -0.25) is 9.89 Å². The first-order chi connectivity index (χ1) is 12.1. The Labute approximate surface area is 145 Å². The SMILES string of the molecule is Cc1cc(C)cc(-c2cc(NC(=O)c3occ4c3CCOC4)n[nH]2)c1. The van der Waals surface area contributed by atoms with Gasteiger partial charge in [0.05, 0.1) is 25.2 Å². The van der Waals surface area contributed by atoms with E-state index in [2.05, 4.69) is 47.6 Å². The third-order valence-electron chi connectivity index (χ3n) is 4.29. The molecule has 1 aromatic carbocycles. The molecule has 1 aliphatic rings. The number of hydrogen-bond acceptors (Lipinski definition) is 4. The van der Waals surface area contributed by atoms with Gasteiger partial charge in [0.15, 0.2) is 11.6 Å². The molecule has 0 aliphatic carbocycles. The van der Waals surface area contributed by atoms with Gasteiger partial charge in [-0.1, -0.05) is 17.2 Å². The van der Waals surface area contributed by atoms with E-state index in [-0.39, 0.29) is 5.91 Å². The lowest BCUT2D eigenvalue weighted by Gasteiger charge is -2.11. The molecule has 1 amide bonds. The molecule has 2 N–H and O–H groups in total. The van der Waals surface area contributed by atoms with Gasteiger partial charge in [-0.05, 0) is 26.0 Å². The molecule has 0 saturated heterocycles. The van der Waals surface area contributed by atoms with Crippen molar-refractivity contribution in [3.05, 3.63) is 58.5 Å². The molecule has 0 unspecified atom stereocenters. The average molecular weight is 337 g/mol. The number of aryl methyl sites for hydroxylation is 2. The summed E-state index contributed by atoms with van der Waals surface area (Å²) >= 11 is 0. The van der Waals surface area contributed by atoms with E-state index < -0.39 is 0 Å². The number of benzene rings is 1. The van der Waals surface area contributed by atoms with Crippen LogP contribution in [-0.4, -0.2) is 22.7 Å². The highest BCUT2D eigenvalue weighted by atomic mass is 16.5. The van der Waals surface area contributed by atoms with E-state index in [9.17, 15) is 4.79 Å². The molecule has 0 bridgehead atoms. The molecule has 4 rings (SSSR count). The van der Waals surface area contributed by atoms with Crippen LogP contribution in [0.5, 0.6) is 0 Å². The van der Waals surface area contributed by atoms with E-state index in [1.807, 2.05) is 6.07 Å². The van der Waals surface area contributed by atoms with Crippen LogP contribution in [0.4, 0.5) is 5.82 Å². The van der Waals surface area contributed by atoms with Crippen molar-refractivity contribution < 1.29 is 13.9 Å². The normalized spacial score (nSPS) is 13.5. The van der Waals surface area contributed by atoms with Crippen molar-refractivity contribution in [3.63, 3.8) is 0 Å². The van der Waals surface area contributed by atoms with Gasteiger partial charge in [0, 0.05) is 29.2 Å². The third kappa shape index (κ3) is 3.08. The van der Waals surface area contributed by atoms with E-state index in [1.165, 1.54) is 11.1 Å². The first-order valence-electron chi connectivity index (χ1n) is 8.22. The number of furan rings is 1. The maximum Gasteiger partial charge on any atom is 0.292 e. The summed E-state index contributed by atoms with van der Waals surface area (Å²) in [5.41, 5.74) is 6.12. The number of carbonyl (C=O) groups excluding carboxylic acids is 1. The topological polar surface area (TPSA) is 80.2 Å². The first kappa shape index (κ1) is 15.7. The van der Waals surface area contributed by atoms with Gasteiger partial charge in [0.1, 0.15) is 0 Å². The third-order valence-corrected chi connectivity index (χ3v) is 4.29. The van der Waals surface area contributed by atoms with Crippen LogP contribution in [0.3, 0.4) is 0 Å². The maximum atomic E-state index is 12.5. The number of rotatable bonds is 3. The summed E-state index contributed by atoms with van der Waals surface area (Å²) in [4.78, 5) is 12.5. The van der Waals surface area contributed by atoms with Crippen LogP contribution in [0.25, 0.3) is 11.3 Å². The highest BCUT2D eigenvalue weighted by Gasteiger charge is 2.23. The van der Waals surface area contributed by atoms with Gasteiger partial charge in [-0.15, -0.1) is 0 Å². The van der Waals surface area contributed by atoms with Crippen molar-refractivity contribution in [2.75, 3.05) is 11.9 Å². The van der Waals surface area contributed by atoms with Crippen molar-refractivity contribution in [3.8, 4) is 11.3 Å². The highest BCUT2D eigenvalue weighted by Crippen LogP contribution is 2.25. The number of aromatic amines is 1. The van der Waals surface area contributed by atoms with Crippen LogP contribution in [0.1, 0.15) is 32.8 Å². The van der Waals surface area contributed by atoms with Crippen molar-refractivity contribution in [1.82, 2.24) is 10.2 Å². The second kappa shape index (κ2) is 6.22. The molecule has 0 spiro atoms. The van der Waals surface area contributed by atoms with Crippen molar-refractivity contribution >= 4 is 11.7 Å². The summed E-state index contributed by atoms with van der Waals surface area (Å²) in [6.45, 7) is 5.20. The van der Waals surface area contributed by atoms with E-state index in [0.29, 0.717) is 31.2 Å². The second-order valence-electron chi connectivity index (χ2n) is 6.37. The fourth-order valence-corrected chi connectivity index (χ4v) is 3.20. The fraction of sp³-hybridized carbons (Fsp3) is 0.263. The molecular weight excluding hydrogens is 318 g/mol. The van der Waals surface area contributed by atoms with Gasteiger partial charge in [0.25, 0.3) is 5.91 Å². The van der Waals surface area contributed by atoms with Crippen LogP contribution in [0.2, 0.25) is 0 Å². The van der Waals surface area contributed by atoms with Crippen LogP contribution >= 0.6 is 0 Å². The summed E-state index contributed by atoms with van der Waals surface area (Å²) in [6, 6.07) is 8.10. The lowest BCUT2D eigenvalue weighted by Crippen LogP contribution is -2.16. The molecule has 2 aromatic heterocycles. The molecule has 6 nitrogen and oxygen atoms in total. The molecule has 0 radical (unpaired) electrons. The van der Waals surface area contributed by atoms with Gasteiger partial charge < -0.3 is 14.5 Å². The zero-order valence-corrected chi connectivity index (χ0v) is 14.2. The monoisotopic (exact) mass is 337 g/mol. The maximum absolute atomic E-state index is 12.5. The predicted octanol–water partition coefficient (Wildman–Crippen LogP) is 3.61. The molecule has 25 heavy (non-hydrogen) atoms. The van der Waals surface area contributed by atoms with E-state index in [1.54, 1.807) is 6.26 Å². The fourth-order valence-electron chi connectivity index (χ4n) is 3.20. The Morgan fingerprint density at radius 1 is 1.20 bits per heavy atom. The van der Waals surface area contributed by atoms with E-state index >= 15 is 0 Å². The molecule has 3 aromatic rings. The van der Waals surface area contributed by atoms with Crippen molar-refractivity contribution in [2.45, 2.75) is 26.9 Å². The smallest absolute Gasteiger partial charge is 0.292 e. The Bertz CT molecular complexity index is 919. The number of nitrogens with zero attached hydrogens (tertiary/aromatic N) is 1. The zero-order valence-electron chi connectivity index (χ0n) is 14.2. The highest BCUT2D eigenvalue weighted by molar-refractivity contribution is 6.03. The standard InChI is InChI=1S/C19H19N3O3/c1-11-5-12(2)7-13(6-11)16-8-17(22-21-16)20-19(23)18-15-3-4-24-9-14(15)10-25-18/h5-8,10H,3-4,9H2,1-2H3,(H2,20,21,22,23). The molecule has 3 heterocycles. The largest absolute Gasteiger partial charge is 0.458 e. The number of aromatic nitrogens is 2. The molecule has 0 atom stereocenters. The Hall–Kier alpha value is -2.86. The van der Waals surface area contributed by atoms with Gasteiger partial charge in [0.2, 0.25) is 0 Å². The van der Waals surface area contributed by atoms with E-state index in [0.717, 1.165) is 22.4 Å². The molecule has 0 fully saturated rings. The van der Waals surface area contributed by atoms with Crippen LogP contribution in [0.15, 0.2) is 34.9 Å². The summed E-state index contributed by atoms with van der Waals surface area (Å²) in [6.07, 6.45) is 2.28. The number of carbonyl (C=O) groups is 1. The summed E-state index contributed by atoms with van der Waals surface area (Å²) in [5.74, 6) is 0.521. The number of fused-ring (bicyclic) bond motifs is 1. The number of H-pyrrole nitrogens is 1.